The number of carbonyl (C=O) groups is 1. The molecule has 0 unspecified atom stereocenters. The molecule has 0 bridgehead atoms. The number of nitrogens with zero attached hydrogens (tertiary/aromatic N) is 1. The number of halogens is 5. The molecule has 0 saturated heterocycles. The second kappa shape index (κ2) is 4.75. The second-order valence-corrected chi connectivity index (χ2v) is 3.08. The molecular weight excluding hydrogens is 265 g/mol. The van der Waals surface area contributed by atoms with Crippen LogP contribution >= 0.6 is 0 Å². The van der Waals surface area contributed by atoms with E-state index in [2.05, 4.69) is 9.72 Å². The number of alkyl halides is 5. The first kappa shape index (κ1) is 14.1. The van der Waals surface area contributed by atoms with Crippen molar-refractivity contribution in [3.8, 4) is 5.75 Å². The molecule has 0 aliphatic heterocycles. The van der Waals surface area contributed by atoms with Crippen LogP contribution in [0.25, 0.3) is 0 Å². The predicted octanol–water partition coefficient (Wildman–Crippen LogP) is 2.53. The number of aromatic nitrogens is 1. The summed E-state index contributed by atoms with van der Waals surface area (Å²) in [6.07, 6.45) is -8.35. The molecule has 0 aliphatic carbocycles. The van der Waals surface area contributed by atoms with Crippen molar-refractivity contribution in [2.75, 3.05) is 7.11 Å². The molecule has 0 saturated carbocycles. The van der Waals surface area contributed by atoms with Crippen molar-refractivity contribution in [3.63, 3.8) is 0 Å². The van der Waals surface area contributed by atoms with Crippen LogP contribution in [-0.2, 0) is 10.9 Å². The van der Waals surface area contributed by atoms with Crippen LogP contribution in [0.5, 0.6) is 5.75 Å². The molecule has 1 N–H and O–H groups in total. The fourth-order valence-electron chi connectivity index (χ4n) is 1.15. The van der Waals surface area contributed by atoms with Crippen molar-refractivity contribution < 1.29 is 36.6 Å². The highest BCUT2D eigenvalue weighted by atomic mass is 19.4. The van der Waals surface area contributed by atoms with Crippen LogP contribution in [0.2, 0.25) is 0 Å². The quantitative estimate of drug-likeness (QED) is 0.663. The van der Waals surface area contributed by atoms with E-state index in [1.165, 1.54) is 0 Å². The van der Waals surface area contributed by atoms with Crippen LogP contribution in [0.3, 0.4) is 0 Å². The van der Waals surface area contributed by atoms with Gasteiger partial charge in [0, 0.05) is 0 Å². The maximum atomic E-state index is 12.5. The van der Waals surface area contributed by atoms with E-state index in [1.54, 1.807) is 0 Å². The number of carbonyl (C=O) groups excluding carboxylic acids is 1. The van der Waals surface area contributed by atoms with Crippen LogP contribution in [0.1, 0.15) is 28.2 Å². The first-order valence-corrected chi connectivity index (χ1v) is 4.36. The topological polar surface area (TPSA) is 59.4 Å². The maximum Gasteiger partial charge on any atom is 0.437 e. The minimum atomic E-state index is -5.08. The largest absolute Gasteiger partial charge is 0.506 e. The number of methoxy groups -OCH3 is 1. The third-order valence-corrected chi connectivity index (χ3v) is 1.91. The number of pyridine rings is 1. The van der Waals surface area contributed by atoms with Gasteiger partial charge in [-0.1, -0.05) is 0 Å². The van der Waals surface area contributed by atoms with Crippen molar-refractivity contribution >= 4 is 5.97 Å². The molecule has 0 fully saturated rings. The lowest BCUT2D eigenvalue weighted by Crippen LogP contribution is -2.16. The van der Waals surface area contributed by atoms with Crippen molar-refractivity contribution in [1.29, 1.82) is 0 Å². The molecule has 0 aliphatic rings. The molecule has 0 spiro atoms. The van der Waals surface area contributed by atoms with E-state index in [9.17, 15) is 26.7 Å². The van der Waals surface area contributed by atoms with Crippen molar-refractivity contribution in [2.45, 2.75) is 12.6 Å². The second-order valence-electron chi connectivity index (χ2n) is 3.08. The Labute approximate surface area is 97.0 Å². The summed E-state index contributed by atoms with van der Waals surface area (Å²) < 4.78 is 66.1. The monoisotopic (exact) mass is 271 g/mol. The van der Waals surface area contributed by atoms with Gasteiger partial charge in [-0.2, -0.15) is 13.2 Å². The minimum absolute atomic E-state index is 0.146. The highest BCUT2D eigenvalue weighted by Gasteiger charge is 2.38. The Morgan fingerprint density at radius 3 is 2.39 bits per heavy atom. The molecule has 1 aromatic rings. The van der Waals surface area contributed by atoms with E-state index in [0.717, 1.165) is 7.11 Å². The standard InChI is InChI=1S/C9H6F5NO3/c1-18-8(17)5-3(7(10)11)2-4(16)6(15-5)9(12,13)14/h2,7,16H,1H3. The normalized spacial score (nSPS) is 11.7. The Hall–Kier alpha value is -1.93. The van der Waals surface area contributed by atoms with E-state index < -0.39 is 41.3 Å². The fourth-order valence-corrected chi connectivity index (χ4v) is 1.15. The van der Waals surface area contributed by atoms with Crippen molar-refractivity contribution in [2.24, 2.45) is 0 Å². The number of ether oxygens (including phenoxy) is 1. The van der Waals surface area contributed by atoms with Gasteiger partial charge in [0.15, 0.2) is 11.4 Å². The number of hydrogen-bond donors (Lipinski definition) is 1. The molecule has 1 aromatic heterocycles. The molecule has 4 nitrogen and oxygen atoms in total. The van der Waals surface area contributed by atoms with Gasteiger partial charge >= 0.3 is 12.1 Å². The molecule has 100 valence electrons. The van der Waals surface area contributed by atoms with Crippen LogP contribution < -0.4 is 0 Å². The van der Waals surface area contributed by atoms with Gasteiger partial charge in [0.2, 0.25) is 0 Å². The summed E-state index contributed by atoms with van der Waals surface area (Å²) in [5.74, 6) is -2.93. The Kier molecular flexibility index (Phi) is 3.73. The van der Waals surface area contributed by atoms with Gasteiger partial charge in [-0.3, -0.25) is 0 Å². The van der Waals surface area contributed by atoms with Gasteiger partial charge in [0.05, 0.1) is 12.7 Å². The molecule has 0 aromatic carbocycles. The fraction of sp³-hybridized carbons (Fsp3) is 0.333. The minimum Gasteiger partial charge on any atom is -0.506 e. The van der Waals surface area contributed by atoms with Crippen LogP contribution in [0.4, 0.5) is 22.0 Å². The molecule has 0 radical (unpaired) electrons. The number of hydrogen-bond acceptors (Lipinski definition) is 4. The lowest BCUT2D eigenvalue weighted by atomic mass is 10.1. The average molecular weight is 271 g/mol. The zero-order chi connectivity index (χ0) is 14.1. The van der Waals surface area contributed by atoms with E-state index in [4.69, 9.17) is 5.11 Å². The zero-order valence-electron chi connectivity index (χ0n) is 8.76. The summed E-state index contributed by atoms with van der Waals surface area (Å²) >= 11 is 0. The number of aromatic hydroxyl groups is 1. The van der Waals surface area contributed by atoms with Gasteiger partial charge in [-0.05, 0) is 6.07 Å². The number of rotatable bonds is 2. The summed E-state index contributed by atoms with van der Waals surface area (Å²) in [7, 11) is 0.805. The summed E-state index contributed by atoms with van der Waals surface area (Å²) in [4.78, 5) is 13.8. The molecule has 0 amide bonds. The Bertz CT molecular complexity index is 472. The highest BCUT2D eigenvalue weighted by Crippen LogP contribution is 2.37. The van der Waals surface area contributed by atoms with E-state index in [-0.39, 0.29) is 6.07 Å². The van der Waals surface area contributed by atoms with Crippen LogP contribution in [-0.4, -0.2) is 23.2 Å². The maximum absolute atomic E-state index is 12.5. The lowest BCUT2D eigenvalue weighted by molar-refractivity contribution is -0.142. The van der Waals surface area contributed by atoms with Gasteiger partial charge in [-0.15, -0.1) is 0 Å². The van der Waals surface area contributed by atoms with Crippen LogP contribution in [0, 0.1) is 0 Å². The Morgan fingerprint density at radius 2 is 2.00 bits per heavy atom. The predicted molar refractivity (Wildman–Crippen MR) is 47.2 cm³/mol. The zero-order valence-corrected chi connectivity index (χ0v) is 8.76. The summed E-state index contributed by atoms with van der Waals surface area (Å²) in [5, 5.41) is 8.99. The van der Waals surface area contributed by atoms with Gasteiger partial charge < -0.3 is 9.84 Å². The van der Waals surface area contributed by atoms with Crippen LogP contribution in [0.15, 0.2) is 6.07 Å². The molecule has 1 heterocycles. The Morgan fingerprint density at radius 1 is 1.44 bits per heavy atom. The first-order valence-electron chi connectivity index (χ1n) is 4.36. The lowest BCUT2D eigenvalue weighted by Gasteiger charge is -2.12. The summed E-state index contributed by atoms with van der Waals surface area (Å²) in [5.41, 5.74) is -4.14. The average Bonchev–Trinajstić information content (AvgIpc) is 2.25. The van der Waals surface area contributed by atoms with E-state index in [1.807, 2.05) is 0 Å². The molecule has 0 atom stereocenters. The smallest absolute Gasteiger partial charge is 0.437 e. The molecule has 9 heteroatoms. The summed E-state index contributed by atoms with van der Waals surface area (Å²) in [6.45, 7) is 0. The highest BCUT2D eigenvalue weighted by molar-refractivity contribution is 5.89. The Balaban J connectivity index is 3.50. The van der Waals surface area contributed by atoms with Gasteiger partial charge in [0.1, 0.15) is 5.75 Å². The number of esters is 1. The van der Waals surface area contributed by atoms with Crippen molar-refractivity contribution in [3.05, 3.63) is 23.0 Å². The SMILES string of the molecule is COC(=O)c1nc(C(F)(F)F)c(O)cc1C(F)F. The van der Waals surface area contributed by atoms with Gasteiger partial charge in [0.25, 0.3) is 6.43 Å². The van der Waals surface area contributed by atoms with Crippen molar-refractivity contribution in [1.82, 2.24) is 4.98 Å². The third-order valence-electron chi connectivity index (χ3n) is 1.91. The molecule has 18 heavy (non-hydrogen) atoms. The third kappa shape index (κ3) is 2.66. The van der Waals surface area contributed by atoms with E-state index in [0.29, 0.717) is 0 Å². The van der Waals surface area contributed by atoms with Gasteiger partial charge in [-0.25, -0.2) is 18.6 Å². The summed E-state index contributed by atoms with van der Waals surface area (Å²) in [6, 6.07) is 0.146. The molecule has 1 rings (SSSR count). The first-order chi connectivity index (χ1) is 8.18. The molecular formula is C9H6F5NO3. The van der Waals surface area contributed by atoms with E-state index >= 15 is 0 Å².